The summed E-state index contributed by atoms with van der Waals surface area (Å²) in [5.41, 5.74) is 16.8. The van der Waals surface area contributed by atoms with Crippen molar-refractivity contribution in [2.24, 2.45) is 11.5 Å². The van der Waals surface area contributed by atoms with Crippen LogP contribution in [0.5, 0.6) is 5.75 Å². The van der Waals surface area contributed by atoms with Crippen LogP contribution in [0, 0.1) is 0 Å². The molecule has 2 fully saturated rings. The van der Waals surface area contributed by atoms with Gasteiger partial charge in [0.1, 0.15) is 18.6 Å². The molecule has 0 aromatic heterocycles. The van der Waals surface area contributed by atoms with Crippen LogP contribution in [0.2, 0.25) is 0 Å². The molecule has 22 heavy (non-hydrogen) atoms. The number of nitrogens with two attached hydrogens (primary N) is 2. The van der Waals surface area contributed by atoms with Crippen molar-refractivity contribution < 1.29 is 9.13 Å². The van der Waals surface area contributed by atoms with Crippen LogP contribution in [0.1, 0.15) is 12.8 Å². The summed E-state index contributed by atoms with van der Waals surface area (Å²) in [5, 5.41) is 0. The molecular formula is C14H23FN6O. The van der Waals surface area contributed by atoms with E-state index in [1.165, 1.54) is 17.7 Å². The zero-order valence-electron chi connectivity index (χ0n) is 12.5. The molecule has 2 atom stereocenters. The lowest BCUT2D eigenvalue weighted by atomic mass is 10.2. The van der Waals surface area contributed by atoms with Crippen LogP contribution < -0.4 is 32.0 Å². The van der Waals surface area contributed by atoms with Crippen molar-refractivity contribution in [3.8, 4) is 5.75 Å². The molecule has 2 aliphatic heterocycles. The minimum Gasteiger partial charge on any atom is -0.490 e. The number of likely N-dealkylation sites (tertiary alicyclic amines) is 1. The Kier molecular flexibility index (Phi) is 4.46. The van der Waals surface area contributed by atoms with E-state index in [9.17, 15) is 4.39 Å². The summed E-state index contributed by atoms with van der Waals surface area (Å²) in [5.74, 6) is 0.565. The van der Waals surface area contributed by atoms with Gasteiger partial charge in [0.15, 0.2) is 0 Å². The van der Waals surface area contributed by atoms with Crippen LogP contribution >= 0.6 is 0 Å². The first-order valence-corrected chi connectivity index (χ1v) is 7.57. The summed E-state index contributed by atoms with van der Waals surface area (Å²) < 4.78 is 20.2. The highest BCUT2D eigenvalue weighted by Crippen LogP contribution is 2.33. The first-order valence-electron chi connectivity index (χ1n) is 7.57. The molecule has 2 unspecified atom stereocenters. The van der Waals surface area contributed by atoms with Crippen LogP contribution in [-0.2, 0) is 0 Å². The fourth-order valence-corrected chi connectivity index (χ4v) is 2.90. The Morgan fingerprint density at radius 1 is 1.32 bits per heavy atom. The van der Waals surface area contributed by atoms with Gasteiger partial charge in [-0.2, -0.15) is 9.82 Å². The van der Waals surface area contributed by atoms with Gasteiger partial charge < -0.3 is 4.74 Å². The standard InChI is InChI=1S/C14H23FN6O/c15-14(17)19-18-13(16)21(14)11-5-1-2-6-12(11)22-10-9-20-7-3-4-8-20/h1-2,5-6,13,18-19H,3-4,7-10,16-17H2. The zero-order valence-corrected chi connectivity index (χ0v) is 12.5. The summed E-state index contributed by atoms with van der Waals surface area (Å²) in [7, 11) is 0. The highest BCUT2D eigenvalue weighted by atomic mass is 19.2. The molecule has 3 rings (SSSR count). The van der Waals surface area contributed by atoms with Gasteiger partial charge in [0.05, 0.1) is 5.69 Å². The molecule has 2 aliphatic rings. The first-order chi connectivity index (χ1) is 10.6. The van der Waals surface area contributed by atoms with Gasteiger partial charge in [0, 0.05) is 6.54 Å². The summed E-state index contributed by atoms with van der Waals surface area (Å²) >= 11 is 0. The Morgan fingerprint density at radius 2 is 2.05 bits per heavy atom. The Balaban J connectivity index is 1.69. The minimum absolute atomic E-state index is 0.513. The van der Waals surface area contributed by atoms with Crippen LogP contribution in [0.4, 0.5) is 10.1 Å². The lowest BCUT2D eigenvalue weighted by molar-refractivity contribution is 0.143. The molecule has 1 aromatic carbocycles. The van der Waals surface area contributed by atoms with Gasteiger partial charge in [-0.1, -0.05) is 12.1 Å². The van der Waals surface area contributed by atoms with E-state index in [4.69, 9.17) is 16.2 Å². The Labute approximate surface area is 129 Å². The molecule has 0 saturated carbocycles. The second kappa shape index (κ2) is 6.35. The molecule has 0 bridgehead atoms. The molecule has 2 saturated heterocycles. The minimum atomic E-state index is -2.27. The Bertz CT molecular complexity index is 508. The number of hydrogen-bond acceptors (Lipinski definition) is 7. The van der Waals surface area contributed by atoms with E-state index in [2.05, 4.69) is 15.8 Å². The number of anilines is 1. The van der Waals surface area contributed by atoms with Gasteiger partial charge in [0.2, 0.25) is 0 Å². The second-order valence-corrected chi connectivity index (χ2v) is 5.62. The number of benzene rings is 1. The number of nitrogens with zero attached hydrogens (tertiary/aromatic N) is 2. The predicted molar refractivity (Wildman–Crippen MR) is 82.4 cm³/mol. The lowest BCUT2D eigenvalue weighted by Gasteiger charge is -2.31. The summed E-state index contributed by atoms with van der Waals surface area (Å²) in [6, 6.07) is 4.90. The maximum Gasteiger partial charge on any atom is 0.310 e. The van der Waals surface area contributed by atoms with Crippen molar-refractivity contribution in [2.75, 3.05) is 31.1 Å². The summed E-state index contributed by atoms with van der Waals surface area (Å²) in [4.78, 5) is 3.58. The van der Waals surface area contributed by atoms with Gasteiger partial charge in [-0.05, 0) is 38.1 Å². The van der Waals surface area contributed by atoms with Gasteiger partial charge >= 0.3 is 6.04 Å². The van der Waals surface area contributed by atoms with Crippen LogP contribution in [0.3, 0.4) is 0 Å². The van der Waals surface area contributed by atoms with Crippen molar-refractivity contribution in [1.29, 1.82) is 0 Å². The van der Waals surface area contributed by atoms with Gasteiger partial charge in [-0.3, -0.25) is 21.3 Å². The SMILES string of the molecule is NC1NNC(N)(F)N1c1ccccc1OCCN1CCCC1. The van der Waals surface area contributed by atoms with E-state index < -0.39 is 12.3 Å². The topological polar surface area (TPSA) is 91.8 Å². The van der Waals surface area contributed by atoms with Crippen LogP contribution in [0.15, 0.2) is 24.3 Å². The van der Waals surface area contributed by atoms with E-state index in [-0.39, 0.29) is 0 Å². The maximum atomic E-state index is 14.3. The predicted octanol–water partition coefficient (Wildman–Crippen LogP) is -0.143. The fraction of sp³-hybridized carbons (Fsp3) is 0.571. The van der Waals surface area contributed by atoms with E-state index in [1.807, 2.05) is 6.07 Å². The lowest BCUT2D eigenvalue weighted by Crippen LogP contribution is -2.58. The van der Waals surface area contributed by atoms with Crippen molar-refractivity contribution in [1.82, 2.24) is 15.8 Å². The number of alkyl halides is 1. The molecule has 2 heterocycles. The van der Waals surface area contributed by atoms with Gasteiger partial charge in [-0.25, -0.2) is 5.43 Å². The second-order valence-electron chi connectivity index (χ2n) is 5.62. The van der Waals surface area contributed by atoms with Gasteiger partial charge in [-0.15, -0.1) is 0 Å². The van der Waals surface area contributed by atoms with Crippen molar-refractivity contribution in [3.63, 3.8) is 0 Å². The molecule has 0 amide bonds. The molecule has 6 N–H and O–H groups in total. The number of rotatable bonds is 5. The van der Waals surface area contributed by atoms with E-state index >= 15 is 0 Å². The largest absolute Gasteiger partial charge is 0.490 e. The third kappa shape index (κ3) is 3.16. The van der Waals surface area contributed by atoms with E-state index in [0.29, 0.717) is 18.0 Å². The van der Waals surface area contributed by atoms with E-state index in [1.54, 1.807) is 18.2 Å². The highest BCUT2D eigenvalue weighted by molar-refractivity contribution is 5.60. The van der Waals surface area contributed by atoms with E-state index in [0.717, 1.165) is 19.6 Å². The maximum absolute atomic E-state index is 14.3. The highest BCUT2D eigenvalue weighted by Gasteiger charge is 2.43. The average molecular weight is 310 g/mol. The third-order valence-corrected chi connectivity index (χ3v) is 4.01. The van der Waals surface area contributed by atoms with Gasteiger partial charge in [0.25, 0.3) is 0 Å². The Hall–Kier alpha value is -1.45. The van der Waals surface area contributed by atoms with Crippen molar-refractivity contribution in [2.45, 2.75) is 25.2 Å². The monoisotopic (exact) mass is 310 g/mol. The molecule has 1 aromatic rings. The quantitative estimate of drug-likeness (QED) is 0.563. The number of ether oxygens (including phenoxy) is 1. The first kappa shape index (κ1) is 15.4. The normalized spacial score (nSPS) is 29.2. The third-order valence-electron chi connectivity index (χ3n) is 4.01. The molecule has 8 heteroatoms. The number of hydrazine groups is 1. The summed E-state index contributed by atoms with van der Waals surface area (Å²) in [6.07, 6.45) is 1.71. The average Bonchev–Trinajstić information content (AvgIpc) is 3.08. The molecule has 0 spiro atoms. The zero-order chi connectivity index (χ0) is 15.6. The van der Waals surface area contributed by atoms with Crippen LogP contribution in [-0.4, -0.2) is 43.5 Å². The number of hydrogen-bond donors (Lipinski definition) is 4. The number of nitrogens with one attached hydrogen (secondary N) is 2. The fourth-order valence-electron chi connectivity index (χ4n) is 2.90. The Morgan fingerprint density at radius 3 is 2.73 bits per heavy atom. The molecule has 7 nitrogen and oxygen atoms in total. The van der Waals surface area contributed by atoms with Crippen LogP contribution in [0.25, 0.3) is 0 Å². The van der Waals surface area contributed by atoms with Crippen molar-refractivity contribution in [3.05, 3.63) is 24.3 Å². The summed E-state index contributed by atoms with van der Waals surface area (Å²) in [6.45, 7) is 3.64. The smallest absolute Gasteiger partial charge is 0.310 e. The number of halogens is 1. The molecule has 0 aliphatic carbocycles. The molecular weight excluding hydrogens is 287 g/mol. The molecule has 0 radical (unpaired) electrons. The number of para-hydroxylation sites is 2. The van der Waals surface area contributed by atoms with Crippen molar-refractivity contribution >= 4 is 5.69 Å². The molecule has 122 valence electrons.